The summed E-state index contributed by atoms with van der Waals surface area (Å²) in [6, 6.07) is 12.9. The van der Waals surface area contributed by atoms with Crippen LogP contribution < -0.4 is 15.2 Å². The van der Waals surface area contributed by atoms with Crippen molar-refractivity contribution in [1.29, 1.82) is 0 Å². The van der Waals surface area contributed by atoms with Gasteiger partial charge in [0.2, 0.25) is 0 Å². The number of halogens is 1. The van der Waals surface area contributed by atoms with Gasteiger partial charge in [-0.25, -0.2) is 0 Å². The van der Waals surface area contributed by atoms with Gasteiger partial charge in [-0.05, 0) is 42.5 Å². The average molecular weight is 392 g/mol. The Morgan fingerprint density at radius 1 is 1.00 bits per heavy atom. The molecule has 0 aliphatic carbocycles. The van der Waals surface area contributed by atoms with Crippen LogP contribution in [0, 0.1) is 0 Å². The number of piperazine rings is 1. The molecular formula is C20H26ClN3O3. The van der Waals surface area contributed by atoms with Crippen molar-refractivity contribution in [1.82, 2.24) is 9.80 Å². The second-order valence-electron chi connectivity index (χ2n) is 6.37. The number of nitrogen functional groups attached to an aromatic ring is 1. The fraction of sp³-hybridized carbons (Fsp3) is 0.350. The van der Waals surface area contributed by atoms with Gasteiger partial charge in [-0.1, -0.05) is 0 Å². The predicted octanol–water partition coefficient (Wildman–Crippen LogP) is 2.67. The summed E-state index contributed by atoms with van der Waals surface area (Å²) in [5.41, 5.74) is 8.13. The van der Waals surface area contributed by atoms with Crippen molar-refractivity contribution in [2.75, 3.05) is 46.1 Å². The number of amides is 1. The van der Waals surface area contributed by atoms with Gasteiger partial charge in [0.15, 0.2) is 0 Å². The van der Waals surface area contributed by atoms with E-state index in [1.54, 1.807) is 38.5 Å². The molecule has 0 unspecified atom stereocenters. The van der Waals surface area contributed by atoms with E-state index in [-0.39, 0.29) is 18.3 Å². The Morgan fingerprint density at radius 2 is 1.67 bits per heavy atom. The summed E-state index contributed by atoms with van der Waals surface area (Å²) in [6.45, 7) is 3.82. The molecule has 1 aliphatic heterocycles. The molecule has 2 aromatic carbocycles. The zero-order valence-electron chi connectivity index (χ0n) is 15.7. The molecule has 2 aromatic rings. The summed E-state index contributed by atoms with van der Waals surface area (Å²) in [7, 11) is 3.34. The lowest BCUT2D eigenvalue weighted by atomic mass is 10.1. The van der Waals surface area contributed by atoms with E-state index >= 15 is 0 Å². The van der Waals surface area contributed by atoms with Gasteiger partial charge in [0.1, 0.15) is 11.5 Å². The predicted molar refractivity (Wildman–Crippen MR) is 109 cm³/mol. The Morgan fingerprint density at radius 3 is 2.26 bits per heavy atom. The van der Waals surface area contributed by atoms with Gasteiger partial charge in [-0.2, -0.15) is 0 Å². The van der Waals surface area contributed by atoms with E-state index in [0.29, 0.717) is 24.3 Å². The van der Waals surface area contributed by atoms with Crippen LogP contribution in [0.25, 0.3) is 0 Å². The molecule has 1 saturated heterocycles. The Balaban J connectivity index is 0.00000261. The van der Waals surface area contributed by atoms with Crippen molar-refractivity contribution in [2.45, 2.75) is 6.54 Å². The lowest BCUT2D eigenvalue weighted by molar-refractivity contribution is 0.0627. The molecule has 7 heteroatoms. The summed E-state index contributed by atoms with van der Waals surface area (Å²) < 4.78 is 10.8. The molecule has 0 bridgehead atoms. The molecule has 1 heterocycles. The highest BCUT2D eigenvalue weighted by molar-refractivity contribution is 5.94. The molecule has 1 fully saturated rings. The third-order valence-corrected chi connectivity index (χ3v) is 4.70. The quantitative estimate of drug-likeness (QED) is 0.793. The van der Waals surface area contributed by atoms with Gasteiger partial charge in [-0.3, -0.25) is 9.69 Å². The number of anilines is 1. The number of ether oxygens (including phenoxy) is 2. The Hall–Kier alpha value is -2.44. The Kier molecular flexibility index (Phi) is 7.33. The first-order valence-corrected chi connectivity index (χ1v) is 8.69. The van der Waals surface area contributed by atoms with Crippen LogP contribution in [0.5, 0.6) is 11.5 Å². The molecular weight excluding hydrogens is 366 g/mol. The van der Waals surface area contributed by atoms with Crippen LogP contribution in [0.3, 0.4) is 0 Å². The lowest BCUT2D eigenvalue weighted by Gasteiger charge is -2.35. The number of nitrogens with zero attached hydrogens (tertiary/aromatic N) is 2. The first-order chi connectivity index (χ1) is 12.6. The van der Waals surface area contributed by atoms with Crippen LogP contribution in [-0.4, -0.2) is 56.1 Å². The van der Waals surface area contributed by atoms with Crippen molar-refractivity contribution >= 4 is 24.0 Å². The molecule has 0 radical (unpaired) electrons. The molecule has 3 rings (SSSR count). The van der Waals surface area contributed by atoms with E-state index in [1.165, 1.54) is 0 Å². The van der Waals surface area contributed by atoms with Crippen molar-refractivity contribution in [2.24, 2.45) is 0 Å². The van der Waals surface area contributed by atoms with E-state index in [2.05, 4.69) is 4.90 Å². The molecule has 0 spiro atoms. The number of hydrogen-bond donors (Lipinski definition) is 1. The van der Waals surface area contributed by atoms with Gasteiger partial charge in [0.25, 0.3) is 5.91 Å². The highest BCUT2D eigenvalue weighted by Crippen LogP contribution is 2.25. The number of rotatable bonds is 5. The lowest BCUT2D eigenvalue weighted by Crippen LogP contribution is -2.48. The van der Waals surface area contributed by atoms with E-state index in [1.807, 2.05) is 23.1 Å². The summed E-state index contributed by atoms with van der Waals surface area (Å²) >= 11 is 0. The molecule has 6 nitrogen and oxygen atoms in total. The van der Waals surface area contributed by atoms with E-state index < -0.39 is 0 Å². The fourth-order valence-electron chi connectivity index (χ4n) is 3.16. The molecule has 1 amide bonds. The average Bonchev–Trinajstić information content (AvgIpc) is 2.68. The van der Waals surface area contributed by atoms with Crippen LogP contribution in [0.2, 0.25) is 0 Å². The maximum Gasteiger partial charge on any atom is 0.253 e. The van der Waals surface area contributed by atoms with Gasteiger partial charge in [0, 0.05) is 49.5 Å². The van der Waals surface area contributed by atoms with Crippen LogP contribution in [0.1, 0.15) is 15.9 Å². The maximum atomic E-state index is 12.6. The molecule has 146 valence electrons. The van der Waals surface area contributed by atoms with E-state index in [4.69, 9.17) is 15.2 Å². The second-order valence-corrected chi connectivity index (χ2v) is 6.37. The standard InChI is InChI=1S/C20H25N3O3.ClH/c1-25-18-7-8-19(26-2)16(13-18)14-22-9-11-23(12-10-22)20(24)15-3-5-17(21)6-4-15;/h3-8,13H,9-12,14,21H2,1-2H3;1H. The van der Waals surface area contributed by atoms with Gasteiger partial charge in [0.05, 0.1) is 14.2 Å². The van der Waals surface area contributed by atoms with Crippen LogP contribution in [0.15, 0.2) is 42.5 Å². The second kappa shape index (κ2) is 9.48. The molecule has 2 N–H and O–H groups in total. The third-order valence-electron chi connectivity index (χ3n) is 4.70. The number of carbonyl (C=O) groups is 1. The zero-order chi connectivity index (χ0) is 18.5. The number of hydrogen-bond acceptors (Lipinski definition) is 5. The van der Waals surface area contributed by atoms with Crippen molar-refractivity contribution in [3.8, 4) is 11.5 Å². The normalized spacial score (nSPS) is 14.4. The SMILES string of the molecule is COc1ccc(OC)c(CN2CCN(C(=O)c3ccc(N)cc3)CC2)c1.Cl. The Bertz CT molecular complexity index is 760. The smallest absolute Gasteiger partial charge is 0.253 e. The van der Waals surface area contributed by atoms with Crippen molar-refractivity contribution in [3.05, 3.63) is 53.6 Å². The monoisotopic (exact) mass is 391 g/mol. The molecule has 27 heavy (non-hydrogen) atoms. The zero-order valence-corrected chi connectivity index (χ0v) is 16.5. The summed E-state index contributed by atoms with van der Waals surface area (Å²) in [5.74, 6) is 1.73. The summed E-state index contributed by atoms with van der Waals surface area (Å²) in [4.78, 5) is 16.8. The number of methoxy groups -OCH3 is 2. The largest absolute Gasteiger partial charge is 0.497 e. The molecule has 0 aromatic heterocycles. The highest BCUT2D eigenvalue weighted by atomic mass is 35.5. The molecule has 1 aliphatic rings. The Labute approximate surface area is 166 Å². The number of benzene rings is 2. The first kappa shape index (κ1) is 20.9. The topological polar surface area (TPSA) is 68.0 Å². The van der Waals surface area contributed by atoms with Crippen molar-refractivity contribution < 1.29 is 14.3 Å². The first-order valence-electron chi connectivity index (χ1n) is 8.69. The minimum absolute atomic E-state index is 0. The minimum atomic E-state index is 0. The van der Waals surface area contributed by atoms with Crippen LogP contribution in [0.4, 0.5) is 5.69 Å². The summed E-state index contributed by atoms with van der Waals surface area (Å²) in [6.07, 6.45) is 0. The van der Waals surface area contributed by atoms with Gasteiger partial charge in [-0.15, -0.1) is 12.4 Å². The van der Waals surface area contributed by atoms with E-state index in [0.717, 1.165) is 36.7 Å². The molecule has 0 saturated carbocycles. The molecule has 0 atom stereocenters. The number of carbonyl (C=O) groups excluding carboxylic acids is 1. The number of nitrogens with two attached hydrogens (primary N) is 1. The minimum Gasteiger partial charge on any atom is -0.497 e. The summed E-state index contributed by atoms with van der Waals surface area (Å²) in [5, 5.41) is 0. The van der Waals surface area contributed by atoms with Crippen LogP contribution >= 0.6 is 12.4 Å². The van der Waals surface area contributed by atoms with Crippen molar-refractivity contribution in [3.63, 3.8) is 0 Å². The third kappa shape index (κ3) is 5.05. The maximum absolute atomic E-state index is 12.6. The van der Waals surface area contributed by atoms with E-state index in [9.17, 15) is 4.79 Å². The van der Waals surface area contributed by atoms with Crippen LogP contribution in [-0.2, 0) is 6.54 Å². The highest BCUT2D eigenvalue weighted by Gasteiger charge is 2.23. The van der Waals surface area contributed by atoms with Gasteiger partial charge < -0.3 is 20.1 Å². The fourth-order valence-corrected chi connectivity index (χ4v) is 3.16. The van der Waals surface area contributed by atoms with Gasteiger partial charge >= 0.3 is 0 Å².